The number of benzene rings is 2. The molecule has 36 heavy (non-hydrogen) atoms. The molecule has 3 heterocycles. The molecule has 1 fully saturated rings. The molecule has 2 aromatic carbocycles. The fourth-order valence-corrected chi connectivity index (χ4v) is 4.12. The molecule has 2 aromatic heterocycles. The highest BCUT2D eigenvalue weighted by Crippen LogP contribution is 2.43. The number of aliphatic hydroxyl groups excluding tert-OH is 4. The van der Waals surface area contributed by atoms with Gasteiger partial charge in [0.1, 0.15) is 41.3 Å². The SMILES string of the molecule is O=C(O)c1cc2c(O[C@@H]3O[C@H](CO)[C@@H](O)[C@H](O)[C@H]3O)c(-c3ccc(O)cc3)oc3cc(=[OH+])cc(o1)c32. The Kier molecular flexibility index (Phi) is 5.90. The predicted octanol–water partition coefficient (Wildman–Crippen LogP) is 0.433. The van der Waals surface area contributed by atoms with Gasteiger partial charge in [0, 0.05) is 17.0 Å². The van der Waals surface area contributed by atoms with Crippen molar-refractivity contribution in [2.45, 2.75) is 30.7 Å². The van der Waals surface area contributed by atoms with E-state index in [-0.39, 0.29) is 44.6 Å². The van der Waals surface area contributed by atoms with Gasteiger partial charge in [-0.1, -0.05) is 0 Å². The Morgan fingerprint density at radius 2 is 1.64 bits per heavy atom. The van der Waals surface area contributed by atoms with E-state index < -0.39 is 49.0 Å². The molecule has 0 radical (unpaired) electrons. The minimum Gasteiger partial charge on any atom is -0.508 e. The van der Waals surface area contributed by atoms with Gasteiger partial charge < -0.3 is 48.9 Å². The number of phenols is 1. The number of ether oxygens (including phenoxy) is 2. The van der Waals surface area contributed by atoms with E-state index in [0.29, 0.717) is 5.56 Å². The van der Waals surface area contributed by atoms with Gasteiger partial charge in [0.25, 0.3) is 0 Å². The Bertz CT molecular complexity index is 1500. The third-order valence-electron chi connectivity index (χ3n) is 5.90. The molecular weight excluding hydrogens is 480 g/mol. The number of carboxylic acid groups (broad SMARTS) is 1. The lowest BCUT2D eigenvalue weighted by Crippen LogP contribution is -2.60. The molecule has 0 bridgehead atoms. The molecule has 0 saturated carbocycles. The first-order chi connectivity index (χ1) is 17.2. The molecule has 1 aliphatic rings. The first-order valence-corrected chi connectivity index (χ1v) is 10.7. The van der Waals surface area contributed by atoms with Crippen LogP contribution < -0.4 is 10.2 Å². The van der Waals surface area contributed by atoms with Crippen molar-refractivity contribution in [1.82, 2.24) is 0 Å². The van der Waals surface area contributed by atoms with E-state index >= 15 is 0 Å². The lowest BCUT2D eigenvalue weighted by atomic mass is 9.99. The minimum atomic E-state index is -1.76. The van der Waals surface area contributed by atoms with E-state index in [0.717, 1.165) is 6.07 Å². The van der Waals surface area contributed by atoms with E-state index in [1.54, 1.807) is 0 Å². The molecule has 7 N–H and O–H groups in total. The average Bonchev–Trinajstić information content (AvgIpc) is 2.85. The van der Waals surface area contributed by atoms with Gasteiger partial charge in [0.05, 0.1) is 24.1 Å². The molecule has 0 unspecified atom stereocenters. The Balaban J connectivity index is 1.79. The molecule has 5 rings (SSSR count). The molecular formula is C24H21O12+. The van der Waals surface area contributed by atoms with Crippen molar-refractivity contribution in [3.8, 4) is 22.8 Å². The molecule has 1 aliphatic heterocycles. The zero-order chi connectivity index (χ0) is 25.7. The molecule has 12 nitrogen and oxygen atoms in total. The van der Waals surface area contributed by atoms with Crippen LogP contribution in [0.4, 0.5) is 0 Å². The smallest absolute Gasteiger partial charge is 0.371 e. The van der Waals surface area contributed by atoms with Crippen molar-refractivity contribution in [3.05, 3.63) is 53.7 Å². The van der Waals surface area contributed by atoms with Gasteiger partial charge in [-0.15, -0.1) is 0 Å². The summed E-state index contributed by atoms with van der Waals surface area (Å²) in [6, 6.07) is 9.34. The monoisotopic (exact) mass is 501 g/mol. The normalized spacial score (nSPS) is 24.3. The van der Waals surface area contributed by atoms with Crippen LogP contribution in [-0.2, 0) is 4.74 Å². The molecule has 0 spiro atoms. The van der Waals surface area contributed by atoms with Gasteiger partial charge in [0.15, 0.2) is 11.5 Å². The average molecular weight is 501 g/mol. The Morgan fingerprint density at radius 1 is 0.972 bits per heavy atom. The molecule has 0 aliphatic carbocycles. The molecule has 188 valence electrons. The van der Waals surface area contributed by atoms with E-state index in [4.69, 9.17) is 18.3 Å². The molecule has 1 saturated heterocycles. The second-order valence-corrected chi connectivity index (χ2v) is 8.27. The van der Waals surface area contributed by atoms with Crippen LogP contribution in [0.25, 0.3) is 33.3 Å². The summed E-state index contributed by atoms with van der Waals surface area (Å²) in [6.07, 6.45) is -8.00. The largest absolute Gasteiger partial charge is 0.508 e. The number of aromatic carboxylic acids is 1. The van der Waals surface area contributed by atoms with E-state index in [1.807, 2.05) is 0 Å². The minimum absolute atomic E-state index is 0.00565. The molecule has 4 aromatic rings. The number of aromatic hydroxyl groups is 1. The van der Waals surface area contributed by atoms with Gasteiger partial charge in [-0.2, -0.15) is 0 Å². The highest BCUT2D eigenvalue weighted by atomic mass is 16.7. The lowest BCUT2D eigenvalue weighted by Gasteiger charge is -2.39. The number of phenolic OH excluding ortho intramolecular Hbond substituents is 1. The highest BCUT2D eigenvalue weighted by Gasteiger charge is 2.45. The van der Waals surface area contributed by atoms with Gasteiger partial charge in [0.2, 0.25) is 12.1 Å². The first kappa shape index (κ1) is 23.8. The third-order valence-corrected chi connectivity index (χ3v) is 5.90. The summed E-state index contributed by atoms with van der Waals surface area (Å²) in [6.45, 7) is -0.690. The van der Waals surface area contributed by atoms with Gasteiger partial charge in [-0.25, -0.2) is 4.79 Å². The number of carbonyl (C=O) groups is 1. The van der Waals surface area contributed by atoms with Crippen LogP contribution in [0, 0.1) is 0 Å². The van der Waals surface area contributed by atoms with Gasteiger partial charge >= 0.3 is 11.4 Å². The zero-order valence-corrected chi connectivity index (χ0v) is 18.3. The van der Waals surface area contributed by atoms with Crippen LogP contribution in [0.1, 0.15) is 10.6 Å². The second-order valence-electron chi connectivity index (χ2n) is 8.27. The van der Waals surface area contributed by atoms with Crippen molar-refractivity contribution in [1.29, 1.82) is 0 Å². The number of hydrogen-bond donors (Lipinski definition) is 6. The summed E-state index contributed by atoms with van der Waals surface area (Å²) in [4.78, 5) is 21.9. The van der Waals surface area contributed by atoms with Crippen LogP contribution in [0.15, 0.2) is 51.3 Å². The van der Waals surface area contributed by atoms with Crippen LogP contribution in [0.3, 0.4) is 0 Å². The van der Waals surface area contributed by atoms with Crippen molar-refractivity contribution in [2.75, 3.05) is 6.61 Å². The second kappa shape index (κ2) is 8.93. The highest BCUT2D eigenvalue weighted by molar-refractivity contribution is 6.10. The number of carboxylic acids is 1. The number of hydrogen-bond acceptors (Lipinski definition) is 10. The predicted molar refractivity (Wildman–Crippen MR) is 120 cm³/mol. The maximum Gasteiger partial charge on any atom is 0.371 e. The van der Waals surface area contributed by atoms with Gasteiger partial charge in [-0.3, -0.25) is 4.79 Å². The van der Waals surface area contributed by atoms with Crippen LogP contribution in [0.5, 0.6) is 11.5 Å². The van der Waals surface area contributed by atoms with Crippen molar-refractivity contribution >= 4 is 27.9 Å². The van der Waals surface area contributed by atoms with Crippen molar-refractivity contribution in [2.24, 2.45) is 0 Å². The molecule has 5 atom stereocenters. The maximum atomic E-state index is 11.8. The van der Waals surface area contributed by atoms with E-state index in [1.165, 1.54) is 36.4 Å². The summed E-state index contributed by atoms with van der Waals surface area (Å²) in [7, 11) is 0. The molecule has 12 heteroatoms. The summed E-state index contributed by atoms with van der Waals surface area (Å²) in [5, 5.41) is 60.0. The summed E-state index contributed by atoms with van der Waals surface area (Å²) < 4.78 is 22.8. The Morgan fingerprint density at radius 3 is 2.28 bits per heavy atom. The van der Waals surface area contributed by atoms with Crippen LogP contribution >= 0.6 is 0 Å². The zero-order valence-electron chi connectivity index (χ0n) is 18.3. The Labute approximate surface area is 200 Å². The quantitative estimate of drug-likeness (QED) is 0.207. The summed E-state index contributed by atoms with van der Waals surface area (Å²) in [5.41, 5.74) is 0.148. The topological polar surface area (TPSA) is 205 Å². The van der Waals surface area contributed by atoms with Crippen molar-refractivity contribution in [3.63, 3.8) is 0 Å². The standard InChI is InChI=1S/C24H20O12/c25-8-16-18(28)19(29)20(30)24(35-16)36-22-12-7-15(23(31)32)33-13-5-11(27)6-14(17(12)13)34-21(22)9-1-3-10(26)4-2-9/h1-7,16,18-20,24-26,28-30H,8H2,(H,31,32)/p+1/t16-,18-,19+,20-,24+/m1/s1. The number of rotatable bonds is 5. The van der Waals surface area contributed by atoms with E-state index in [2.05, 4.69) is 0 Å². The fraction of sp³-hybridized carbons (Fsp3) is 0.250. The molecule has 0 amide bonds. The third kappa shape index (κ3) is 3.96. The van der Waals surface area contributed by atoms with Crippen LogP contribution in [-0.4, -0.2) is 78.7 Å². The number of aliphatic hydroxyl groups is 4. The lowest BCUT2D eigenvalue weighted by molar-refractivity contribution is -0.277. The van der Waals surface area contributed by atoms with Crippen LogP contribution in [0.2, 0.25) is 0 Å². The van der Waals surface area contributed by atoms with Crippen molar-refractivity contribution < 1.29 is 58.5 Å². The first-order valence-electron chi connectivity index (χ1n) is 10.7. The summed E-state index contributed by atoms with van der Waals surface area (Å²) >= 11 is 0. The van der Waals surface area contributed by atoms with E-state index in [9.17, 15) is 40.2 Å². The fourth-order valence-electron chi connectivity index (χ4n) is 4.12. The maximum absolute atomic E-state index is 11.8. The summed E-state index contributed by atoms with van der Waals surface area (Å²) in [5.74, 6) is -2.10. The Hall–Kier alpha value is -3.94. The van der Waals surface area contributed by atoms with Gasteiger partial charge in [-0.05, 0) is 24.3 Å².